The molecule has 1 heterocycles. The third-order valence-electron chi connectivity index (χ3n) is 4.44. The van der Waals surface area contributed by atoms with Gasteiger partial charge in [-0.1, -0.05) is 34.1 Å². The van der Waals surface area contributed by atoms with Crippen LogP contribution in [0.2, 0.25) is 0 Å². The van der Waals surface area contributed by atoms with Gasteiger partial charge >= 0.3 is 0 Å². The van der Waals surface area contributed by atoms with Crippen LogP contribution in [0, 0.1) is 5.41 Å². The Labute approximate surface area is 173 Å². The summed E-state index contributed by atoms with van der Waals surface area (Å²) < 4.78 is 1.03. The summed E-state index contributed by atoms with van der Waals surface area (Å²) in [5, 5.41) is 9.31. The van der Waals surface area contributed by atoms with E-state index in [1.165, 1.54) is 24.5 Å². The summed E-state index contributed by atoms with van der Waals surface area (Å²) in [6, 6.07) is 5.33. The highest BCUT2D eigenvalue weighted by Gasteiger charge is 2.17. The number of benzene rings is 1. The fourth-order valence-electron chi connectivity index (χ4n) is 2.36. The lowest BCUT2D eigenvalue weighted by molar-refractivity contribution is 0.101. The lowest BCUT2D eigenvalue weighted by Gasteiger charge is -2.23. The van der Waals surface area contributed by atoms with Gasteiger partial charge in [-0.3, -0.25) is 9.78 Å². The lowest BCUT2D eigenvalue weighted by Crippen LogP contribution is -2.14. The molecule has 0 saturated heterocycles. The van der Waals surface area contributed by atoms with Crippen LogP contribution in [0.15, 0.2) is 39.5 Å². The summed E-state index contributed by atoms with van der Waals surface area (Å²) in [6.45, 7) is 10.6. The molecule has 26 heavy (non-hydrogen) atoms. The Bertz CT molecular complexity index is 734. The number of aryl methyl sites for hydroxylation is 1. The number of ketones is 1. The second kappa shape index (κ2) is 10.2. The molecule has 0 fully saturated rings. The van der Waals surface area contributed by atoms with Crippen LogP contribution in [0.3, 0.4) is 0 Å². The van der Waals surface area contributed by atoms with Crippen molar-refractivity contribution in [3.63, 3.8) is 0 Å². The van der Waals surface area contributed by atoms with Crippen LogP contribution in [-0.4, -0.2) is 15.9 Å². The number of hydrogen-bond donors (Lipinski definition) is 1. The van der Waals surface area contributed by atoms with Crippen molar-refractivity contribution in [2.24, 2.45) is 5.41 Å². The van der Waals surface area contributed by atoms with E-state index < -0.39 is 0 Å². The second-order valence-corrected chi connectivity index (χ2v) is 8.75. The van der Waals surface area contributed by atoms with Crippen LogP contribution in [0.5, 0.6) is 5.75 Å². The van der Waals surface area contributed by atoms with Crippen molar-refractivity contribution in [2.75, 3.05) is 0 Å². The largest absolute Gasteiger partial charge is 0.506 e. The molecule has 0 unspecified atom stereocenters. The Morgan fingerprint density at radius 1 is 1.15 bits per heavy atom. The summed E-state index contributed by atoms with van der Waals surface area (Å²) in [6.07, 6.45) is 7.37. The molecule has 2 rings (SSSR count). The predicted octanol–water partition coefficient (Wildman–Crippen LogP) is 6.74. The van der Waals surface area contributed by atoms with Gasteiger partial charge < -0.3 is 5.11 Å². The standard InChI is InChI=1S/C13H21N.C8H6Br2O2/c1-5-11-10-14-8-7-12(11)9-13(3,4)6-2;1-4(11)5-2-6(9)8(12)7(10)3-5/h7-8,10H,5-6,9H2,1-4H3;2-3,12H,1H3. The molecule has 2 aromatic rings. The third kappa shape index (κ3) is 6.84. The summed E-state index contributed by atoms with van der Waals surface area (Å²) >= 11 is 6.27. The number of carbonyl (C=O) groups excluding carboxylic acids is 1. The number of aromatic nitrogens is 1. The van der Waals surface area contributed by atoms with E-state index in [0.717, 1.165) is 12.8 Å². The van der Waals surface area contributed by atoms with E-state index in [9.17, 15) is 9.90 Å². The zero-order chi connectivity index (χ0) is 19.9. The van der Waals surface area contributed by atoms with Crippen molar-refractivity contribution in [1.29, 1.82) is 0 Å². The molecular formula is C21H27Br2NO2. The predicted molar refractivity (Wildman–Crippen MR) is 115 cm³/mol. The number of carbonyl (C=O) groups is 1. The van der Waals surface area contributed by atoms with Gasteiger partial charge in [0.25, 0.3) is 0 Å². The highest BCUT2D eigenvalue weighted by molar-refractivity contribution is 9.11. The summed E-state index contributed by atoms with van der Waals surface area (Å²) in [4.78, 5) is 15.1. The van der Waals surface area contributed by atoms with Crippen LogP contribution in [0.25, 0.3) is 0 Å². The third-order valence-corrected chi connectivity index (χ3v) is 5.64. The van der Waals surface area contributed by atoms with Gasteiger partial charge in [-0.25, -0.2) is 0 Å². The number of rotatable bonds is 5. The molecule has 0 aliphatic heterocycles. The van der Waals surface area contributed by atoms with E-state index in [1.807, 2.05) is 12.4 Å². The van der Waals surface area contributed by atoms with Crippen molar-refractivity contribution < 1.29 is 9.90 Å². The van der Waals surface area contributed by atoms with Gasteiger partial charge in [-0.05, 0) is 86.4 Å². The molecule has 0 spiro atoms. The minimum Gasteiger partial charge on any atom is -0.506 e. The zero-order valence-electron chi connectivity index (χ0n) is 16.1. The maximum atomic E-state index is 10.9. The number of phenolic OH excluding ortho intramolecular Hbond substituents is 1. The molecule has 3 nitrogen and oxygen atoms in total. The Hall–Kier alpha value is -1.20. The van der Waals surface area contributed by atoms with Crippen molar-refractivity contribution in [3.05, 3.63) is 56.2 Å². The van der Waals surface area contributed by atoms with E-state index in [0.29, 0.717) is 19.9 Å². The van der Waals surface area contributed by atoms with Crippen molar-refractivity contribution >= 4 is 37.6 Å². The number of aromatic hydroxyl groups is 1. The normalized spacial score (nSPS) is 10.9. The summed E-state index contributed by atoms with van der Waals surface area (Å²) in [7, 11) is 0. The molecule has 142 valence electrons. The molecule has 1 aromatic carbocycles. The van der Waals surface area contributed by atoms with Gasteiger partial charge in [0.2, 0.25) is 0 Å². The topological polar surface area (TPSA) is 50.2 Å². The molecule has 5 heteroatoms. The fourth-order valence-corrected chi connectivity index (χ4v) is 3.54. The van der Waals surface area contributed by atoms with Gasteiger partial charge in [-0.15, -0.1) is 0 Å². The van der Waals surface area contributed by atoms with Gasteiger partial charge in [0.1, 0.15) is 5.75 Å². The molecule has 1 N–H and O–H groups in total. The second-order valence-electron chi connectivity index (χ2n) is 7.04. The van der Waals surface area contributed by atoms with Crippen molar-refractivity contribution in [2.45, 2.75) is 53.9 Å². The molecule has 0 aliphatic rings. The average molecular weight is 485 g/mol. The van der Waals surface area contributed by atoms with Gasteiger partial charge in [0.05, 0.1) is 8.95 Å². The smallest absolute Gasteiger partial charge is 0.159 e. The molecule has 0 radical (unpaired) electrons. The number of nitrogens with zero attached hydrogens (tertiary/aromatic N) is 1. The van der Waals surface area contributed by atoms with Crippen molar-refractivity contribution in [1.82, 2.24) is 4.98 Å². The van der Waals surface area contributed by atoms with Crippen LogP contribution < -0.4 is 0 Å². The minimum absolute atomic E-state index is 0.0311. The van der Waals surface area contributed by atoms with E-state index >= 15 is 0 Å². The molecule has 1 aromatic heterocycles. The lowest BCUT2D eigenvalue weighted by atomic mass is 9.82. The van der Waals surface area contributed by atoms with Gasteiger partial charge in [0, 0.05) is 18.0 Å². The Kier molecular flexibility index (Phi) is 8.97. The maximum Gasteiger partial charge on any atom is 0.159 e. The highest BCUT2D eigenvalue weighted by Crippen LogP contribution is 2.33. The first-order valence-corrected chi connectivity index (χ1v) is 10.3. The zero-order valence-corrected chi connectivity index (χ0v) is 19.2. The summed E-state index contributed by atoms with van der Waals surface area (Å²) in [5.41, 5.74) is 3.83. The fraction of sp³-hybridized carbons (Fsp3) is 0.429. The van der Waals surface area contributed by atoms with Crippen molar-refractivity contribution in [3.8, 4) is 5.75 Å². The SMILES string of the molecule is CC(=O)c1cc(Br)c(O)c(Br)c1.CCc1cnccc1CC(C)(C)CC. The number of halogens is 2. The molecule has 0 amide bonds. The molecule has 0 atom stereocenters. The molecule has 0 bridgehead atoms. The monoisotopic (exact) mass is 483 g/mol. The van der Waals surface area contributed by atoms with Gasteiger partial charge in [0.15, 0.2) is 5.78 Å². The first kappa shape index (κ1) is 22.8. The highest BCUT2D eigenvalue weighted by atomic mass is 79.9. The van der Waals surface area contributed by atoms with Crippen LogP contribution in [-0.2, 0) is 12.8 Å². The van der Waals surface area contributed by atoms with E-state index in [-0.39, 0.29) is 11.5 Å². The molecular weight excluding hydrogens is 458 g/mol. The maximum absolute atomic E-state index is 10.9. The van der Waals surface area contributed by atoms with Crippen LogP contribution in [0.1, 0.15) is 62.5 Å². The number of Topliss-reactive ketones (excluding diaryl/α,β-unsaturated/α-hetero) is 1. The minimum atomic E-state index is -0.0311. The van der Waals surface area contributed by atoms with Crippen LogP contribution in [0.4, 0.5) is 0 Å². The Balaban J connectivity index is 0.000000263. The Morgan fingerprint density at radius 3 is 2.19 bits per heavy atom. The first-order chi connectivity index (χ1) is 12.1. The number of pyridine rings is 1. The number of phenols is 1. The van der Waals surface area contributed by atoms with E-state index in [4.69, 9.17) is 0 Å². The van der Waals surface area contributed by atoms with E-state index in [2.05, 4.69) is 70.6 Å². The van der Waals surface area contributed by atoms with Crippen LogP contribution >= 0.6 is 31.9 Å². The van der Waals surface area contributed by atoms with Gasteiger partial charge in [-0.2, -0.15) is 0 Å². The first-order valence-electron chi connectivity index (χ1n) is 8.72. The number of hydrogen-bond acceptors (Lipinski definition) is 3. The quantitative estimate of drug-likeness (QED) is 0.478. The molecule has 0 aliphatic carbocycles. The molecule has 0 saturated carbocycles. The summed E-state index contributed by atoms with van der Waals surface area (Å²) in [5.74, 6) is 0.0800. The average Bonchev–Trinajstić information content (AvgIpc) is 2.60. The van der Waals surface area contributed by atoms with E-state index in [1.54, 1.807) is 12.1 Å². The Morgan fingerprint density at radius 2 is 1.73 bits per heavy atom.